The third-order valence-electron chi connectivity index (χ3n) is 4.35. The summed E-state index contributed by atoms with van der Waals surface area (Å²) in [6, 6.07) is 9.75. The number of imidazole rings is 1. The summed E-state index contributed by atoms with van der Waals surface area (Å²) >= 11 is 10.4. The number of nitrogens with one attached hydrogen (secondary N) is 3. The number of aryl methyl sites for hydroxylation is 1. The first-order chi connectivity index (χ1) is 13.5. The van der Waals surface area contributed by atoms with Gasteiger partial charge in [-0.3, -0.25) is 9.59 Å². The Kier molecular flexibility index (Phi) is 9.37. The molecule has 1 aromatic heterocycles. The SMILES string of the molecule is CCCCc1nc(Cl)c(CNC(=O)CNC(=O)C(CS)Cc2ccccc2)[nH]1. The van der Waals surface area contributed by atoms with Gasteiger partial charge in [0.2, 0.25) is 11.8 Å². The lowest BCUT2D eigenvalue weighted by atomic mass is 10.0. The molecule has 2 rings (SSSR count). The van der Waals surface area contributed by atoms with Gasteiger partial charge in [0, 0.05) is 12.2 Å². The van der Waals surface area contributed by atoms with E-state index in [-0.39, 0.29) is 30.8 Å². The van der Waals surface area contributed by atoms with Crippen LogP contribution in [0.1, 0.15) is 36.8 Å². The van der Waals surface area contributed by atoms with Crippen LogP contribution in [0, 0.1) is 5.92 Å². The minimum absolute atomic E-state index is 0.0909. The lowest BCUT2D eigenvalue weighted by Crippen LogP contribution is -2.40. The van der Waals surface area contributed by atoms with E-state index in [4.69, 9.17) is 11.6 Å². The monoisotopic (exact) mass is 422 g/mol. The molecule has 3 N–H and O–H groups in total. The number of benzene rings is 1. The van der Waals surface area contributed by atoms with Crippen molar-refractivity contribution in [2.45, 2.75) is 39.2 Å². The average molecular weight is 423 g/mol. The smallest absolute Gasteiger partial charge is 0.239 e. The molecule has 1 atom stereocenters. The van der Waals surface area contributed by atoms with E-state index in [1.54, 1.807) is 0 Å². The van der Waals surface area contributed by atoms with E-state index >= 15 is 0 Å². The molecule has 0 saturated carbocycles. The van der Waals surface area contributed by atoms with E-state index in [1.807, 2.05) is 30.3 Å². The fraction of sp³-hybridized carbons (Fsp3) is 0.450. The van der Waals surface area contributed by atoms with Crippen LogP contribution in [0.2, 0.25) is 5.15 Å². The summed E-state index contributed by atoms with van der Waals surface area (Å²) in [6.45, 7) is 2.26. The highest BCUT2D eigenvalue weighted by atomic mass is 35.5. The van der Waals surface area contributed by atoms with Crippen LogP contribution < -0.4 is 10.6 Å². The maximum absolute atomic E-state index is 12.3. The van der Waals surface area contributed by atoms with Crippen molar-refractivity contribution in [3.05, 3.63) is 52.6 Å². The van der Waals surface area contributed by atoms with Crippen molar-refractivity contribution < 1.29 is 9.59 Å². The van der Waals surface area contributed by atoms with Gasteiger partial charge < -0.3 is 15.6 Å². The molecular weight excluding hydrogens is 396 g/mol. The summed E-state index contributed by atoms with van der Waals surface area (Å²) in [4.78, 5) is 31.8. The molecule has 0 fully saturated rings. The lowest BCUT2D eigenvalue weighted by molar-refractivity contribution is -0.128. The van der Waals surface area contributed by atoms with Crippen LogP contribution in [-0.4, -0.2) is 34.1 Å². The summed E-state index contributed by atoms with van der Waals surface area (Å²) in [6.07, 6.45) is 3.51. The second-order valence-corrected chi connectivity index (χ2v) is 7.34. The van der Waals surface area contributed by atoms with Gasteiger partial charge in [0.05, 0.1) is 24.7 Å². The molecule has 0 aliphatic heterocycles. The average Bonchev–Trinajstić information content (AvgIpc) is 3.07. The number of nitrogens with zero attached hydrogens (tertiary/aromatic N) is 1. The highest BCUT2D eigenvalue weighted by molar-refractivity contribution is 7.80. The number of hydrogen-bond donors (Lipinski definition) is 4. The third kappa shape index (κ3) is 7.20. The van der Waals surface area contributed by atoms with Crippen molar-refractivity contribution in [1.29, 1.82) is 0 Å². The van der Waals surface area contributed by atoms with E-state index < -0.39 is 0 Å². The lowest BCUT2D eigenvalue weighted by Gasteiger charge is -2.14. The topological polar surface area (TPSA) is 86.9 Å². The minimum Gasteiger partial charge on any atom is -0.349 e. The van der Waals surface area contributed by atoms with Crippen molar-refractivity contribution in [3.63, 3.8) is 0 Å². The molecule has 0 radical (unpaired) electrons. The Morgan fingerprint density at radius 3 is 2.68 bits per heavy atom. The number of H-pyrrole nitrogens is 1. The third-order valence-corrected chi connectivity index (χ3v) is 5.10. The van der Waals surface area contributed by atoms with E-state index in [9.17, 15) is 9.59 Å². The first-order valence-corrected chi connectivity index (χ1v) is 10.5. The fourth-order valence-corrected chi connectivity index (χ4v) is 3.23. The molecule has 0 spiro atoms. The predicted molar refractivity (Wildman–Crippen MR) is 115 cm³/mol. The van der Waals surface area contributed by atoms with Gasteiger partial charge in [-0.15, -0.1) is 0 Å². The normalized spacial score (nSPS) is 11.8. The summed E-state index contributed by atoms with van der Waals surface area (Å²) in [5.74, 6) is 0.470. The zero-order valence-electron chi connectivity index (χ0n) is 16.0. The molecule has 0 aliphatic rings. The fourth-order valence-electron chi connectivity index (χ4n) is 2.72. The van der Waals surface area contributed by atoms with E-state index in [0.29, 0.717) is 23.0 Å². The number of carbonyl (C=O) groups excluding carboxylic acids is 2. The van der Waals surface area contributed by atoms with Crippen molar-refractivity contribution in [1.82, 2.24) is 20.6 Å². The van der Waals surface area contributed by atoms with E-state index in [2.05, 4.69) is 40.2 Å². The van der Waals surface area contributed by atoms with Gasteiger partial charge in [0.15, 0.2) is 5.15 Å². The molecule has 152 valence electrons. The number of thiol groups is 1. The maximum Gasteiger partial charge on any atom is 0.239 e. The molecule has 6 nitrogen and oxygen atoms in total. The maximum atomic E-state index is 12.3. The van der Waals surface area contributed by atoms with Crippen LogP contribution in [0.25, 0.3) is 0 Å². The van der Waals surface area contributed by atoms with Gasteiger partial charge in [0.25, 0.3) is 0 Å². The predicted octanol–water partition coefficient (Wildman–Crippen LogP) is 2.93. The molecule has 28 heavy (non-hydrogen) atoms. The molecular formula is C20H27ClN4O2S. The van der Waals surface area contributed by atoms with Crippen molar-refractivity contribution >= 4 is 36.0 Å². The molecule has 0 aliphatic carbocycles. The van der Waals surface area contributed by atoms with Crippen molar-refractivity contribution in [2.24, 2.45) is 5.92 Å². The molecule has 1 heterocycles. The standard InChI is InChI=1S/C20H27ClN4O2S/c1-2-3-9-17-24-16(19(21)25-17)11-22-18(26)12-23-20(27)15(13-28)10-14-7-5-4-6-8-14/h4-8,15,28H,2-3,9-13H2,1H3,(H,22,26)(H,23,27)(H,24,25). The van der Waals surface area contributed by atoms with Gasteiger partial charge in [-0.1, -0.05) is 55.3 Å². The second-order valence-electron chi connectivity index (χ2n) is 6.62. The molecule has 8 heteroatoms. The van der Waals surface area contributed by atoms with Crippen LogP contribution >= 0.6 is 24.2 Å². The first-order valence-electron chi connectivity index (χ1n) is 9.45. The Morgan fingerprint density at radius 1 is 1.25 bits per heavy atom. The Bertz CT molecular complexity index is 767. The zero-order chi connectivity index (χ0) is 20.4. The van der Waals surface area contributed by atoms with Crippen molar-refractivity contribution in [3.8, 4) is 0 Å². The number of rotatable bonds is 11. The first kappa shape index (κ1) is 22.3. The Morgan fingerprint density at radius 2 is 2.00 bits per heavy atom. The van der Waals surface area contributed by atoms with Gasteiger partial charge in [0.1, 0.15) is 5.82 Å². The number of aromatic amines is 1. The molecule has 0 bridgehead atoms. The molecule has 1 aromatic carbocycles. The summed E-state index contributed by atoms with van der Waals surface area (Å²) in [5.41, 5.74) is 1.73. The number of amides is 2. The van der Waals surface area contributed by atoms with Gasteiger partial charge >= 0.3 is 0 Å². The van der Waals surface area contributed by atoms with Crippen LogP contribution in [0.3, 0.4) is 0 Å². The summed E-state index contributed by atoms with van der Waals surface area (Å²) in [7, 11) is 0. The Balaban J connectivity index is 1.76. The number of unbranched alkanes of at least 4 members (excludes halogenated alkanes) is 1. The minimum atomic E-state index is -0.290. The van der Waals surface area contributed by atoms with Gasteiger partial charge in [-0.2, -0.15) is 12.6 Å². The molecule has 2 amide bonds. The number of halogens is 1. The quantitative estimate of drug-likeness (QED) is 0.420. The van der Waals surface area contributed by atoms with E-state index in [1.165, 1.54) is 0 Å². The van der Waals surface area contributed by atoms with Crippen LogP contribution in [0.5, 0.6) is 0 Å². The second kappa shape index (κ2) is 11.8. The highest BCUT2D eigenvalue weighted by Gasteiger charge is 2.18. The molecule has 1 unspecified atom stereocenters. The Hall–Kier alpha value is -1.99. The van der Waals surface area contributed by atoms with Gasteiger partial charge in [-0.25, -0.2) is 4.98 Å². The number of carbonyl (C=O) groups is 2. The number of aromatic nitrogens is 2. The molecule has 2 aromatic rings. The number of hydrogen-bond acceptors (Lipinski definition) is 4. The van der Waals surface area contributed by atoms with E-state index in [0.717, 1.165) is 30.7 Å². The van der Waals surface area contributed by atoms with Crippen LogP contribution in [0.15, 0.2) is 30.3 Å². The van der Waals surface area contributed by atoms with Gasteiger partial charge in [-0.05, 0) is 18.4 Å². The zero-order valence-corrected chi connectivity index (χ0v) is 17.7. The Labute approximate surface area is 176 Å². The van der Waals surface area contributed by atoms with Crippen LogP contribution in [-0.2, 0) is 29.0 Å². The highest BCUT2D eigenvalue weighted by Crippen LogP contribution is 2.14. The summed E-state index contributed by atoms with van der Waals surface area (Å²) < 4.78 is 0. The van der Waals surface area contributed by atoms with Crippen LogP contribution in [0.4, 0.5) is 0 Å². The molecule has 0 saturated heterocycles. The summed E-state index contributed by atoms with van der Waals surface area (Å²) in [5, 5.41) is 5.79. The largest absolute Gasteiger partial charge is 0.349 e. The van der Waals surface area contributed by atoms with Crippen molar-refractivity contribution in [2.75, 3.05) is 12.3 Å².